The third kappa shape index (κ3) is 5.34. The van der Waals surface area contributed by atoms with Crippen LogP contribution in [0.2, 0.25) is 0 Å². The maximum atomic E-state index is 13.2. The van der Waals surface area contributed by atoms with Crippen LogP contribution in [0, 0.1) is 11.6 Å². The minimum absolute atomic E-state index is 0.151. The molecule has 0 radical (unpaired) electrons. The van der Waals surface area contributed by atoms with E-state index >= 15 is 0 Å². The molecule has 0 bridgehead atoms. The largest absolute Gasteiger partial charge is 0.487 e. The first kappa shape index (κ1) is 19.4. The summed E-state index contributed by atoms with van der Waals surface area (Å²) in [6.07, 6.45) is 1.99. The normalized spacial score (nSPS) is 11.7. The molecule has 0 saturated heterocycles. The molecule has 144 valence electrons. The van der Waals surface area contributed by atoms with Crippen molar-refractivity contribution in [2.75, 3.05) is 5.32 Å². The van der Waals surface area contributed by atoms with Gasteiger partial charge in [0.2, 0.25) is 5.91 Å². The van der Waals surface area contributed by atoms with Gasteiger partial charge in [-0.05, 0) is 48.4 Å². The zero-order chi connectivity index (χ0) is 19.9. The van der Waals surface area contributed by atoms with E-state index in [1.54, 1.807) is 18.3 Å². The number of amides is 1. The van der Waals surface area contributed by atoms with Crippen molar-refractivity contribution >= 4 is 11.6 Å². The van der Waals surface area contributed by atoms with Gasteiger partial charge in [0.15, 0.2) is 11.6 Å². The molecule has 0 spiro atoms. The second kappa shape index (κ2) is 9.05. The molecule has 0 aliphatic heterocycles. The average molecular weight is 383 g/mol. The van der Waals surface area contributed by atoms with Crippen molar-refractivity contribution in [3.8, 4) is 5.75 Å². The molecule has 1 amide bonds. The van der Waals surface area contributed by atoms with Crippen LogP contribution in [0.4, 0.5) is 14.5 Å². The Morgan fingerprint density at radius 3 is 2.54 bits per heavy atom. The fourth-order valence-electron chi connectivity index (χ4n) is 2.52. The molecular formula is C21H19F2N3O2. The number of carbonyl (C=O) groups excluding carboxylic acids is 1. The maximum absolute atomic E-state index is 13.2. The first-order valence-electron chi connectivity index (χ1n) is 8.64. The molecule has 1 aromatic heterocycles. The number of hydrogen-bond acceptors (Lipinski definition) is 4. The van der Waals surface area contributed by atoms with Crippen molar-refractivity contribution in [2.45, 2.75) is 19.1 Å². The fraction of sp³-hybridized carbons (Fsp3) is 0.143. The summed E-state index contributed by atoms with van der Waals surface area (Å²) in [6, 6.07) is 15.1. The fourth-order valence-corrected chi connectivity index (χ4v) is 2.52. The van der Waals surface area contributed by atoms with E-state index in [2.05, 4.69) is 10.3 Å². The lowest BCUT2D eigenvalue weighted by Crippen LogP contribution is -2.37. The zero-order valence-electron chi connectivity index (χ0n) is 14.9. The predicted octanol–water partition coefficient (Wildman–Crippen LogP) is 3.45. The molecule has 1 heterocycles. The average Bonchev–Trinajstić information content (AvgIpc) is 2.71. The third-order valence-electron chi connectivity index (χ3n) is 4.02. The number of anilines is 1. The number of hydrogen-bond donors (Lipinski definition) is 2. The Hall–Kier alpha value is -3.32. The Kier molecular flexibility index (Phi) is 6.29. The molecule has 0 aliphatic rings. The lowest BCUT2D eigenvalue weighted by atomic mass is 10.1. The van der Waals surface area contributed by atoms with Crippen molar-refractivity contribution in [1.82, 2.24) is 4.98 Å². The van der Waals surface area contributed by atoms with Gasteiger partial charge < -0.3 is 15.8 Å². The molecule has 0 unspecified atom stereocenters. The molecule has 0 aliphatic carbocycles. The minimum Gasteiger partial charge on any atom is -0.487 e. The quantitative estimate of drug-likeness (QED) is 0.655. The summed E-state index contributed by atoms with van der Waals surface area (Å²) < 4.78 is 31.8. The van der Waals surface area contributed by atoms with Crippen molar-refractivity contribution < 1.29 is 18.3 Å². The minimum atomic E-state index is -1.03. The highest BCUT2D eigenvalue weighted by Gasteiger charge is 2.15. The Labute approximate surface area is 161 Å². The predicted molar refractivity (Wildman–Crippen MR) is 102 cm³/mol. The monoisotopic (exact) mass is 383 g/mol. The van der Waals surface area contributed by atoms with Crippen LogP contribution in [0.25, 0.3) is 0 Å². The zero-order valence-corrected chi connectivity index (χ0v) is 14.9. The number of nitrogens with one attached hydrogen (secondary N) is 1. The summed E-state index contributed by atoms with van der Waals surface area (Å²) >= 11 is 0. The van der Waals surface area contributed by atoms with Gasteiger partial charge in [-0.25, -0.2) is 8.78 Å². The van der Waals surface area contributed by atoms with Gasteiger partial charge in [-0.3, -0.25) is 9.78 Å². The maximum Gasteiger partial charge on any atom is 0.241 e. The smallest absolute Gasteiger partial charge is 0.241 e. The molecule has 0 fully saturated rings. The van der Waals surface area contributed by atoms with Crippen LogP contribution in [-0.2, 0) is 17.8 Å². The molecule has 5 nitrogen and oxygen atoms in total. The lowest BCUT2D eigenvalue weighted by Gasteiger charge is -2.13. The van der Waals surface area contributed by atoms with Crippen molar-refractivity contribution in [3.63, 3.8) is 0 Å². The van der Waals surface area contributed by atoms with E-state index in [4.69, 9.17) is 10.5 Å². The number of benzene rings is 2. The van der Waals surface area contributed by atoms with Gasteiger partial charge in [-0.2, -0.15) is 0 Å². The number of nitrogens with zero attached hydrogens (tertiary/aromatic N) is 1. The molecule has 0 saturated carbocycles. The molecule has 7 heteroatoms. The second-order valence-corrected chi connectivity index (χ2v) is 6.18. The summed E-state index contributed by atoms with van der Waals surface area (Å²) in [5, 5.41) is 2.48. The summed E-state index contributed by atoms with van der Waals surface area (Å²) in [4.78, 5) is 16.3. The van der Waals surface area contributed by atoms with Gasteiger partial charge >= 0.3 is 0 Å². The number of aromatic nitrogens is 1. The van der Waals surface area contributed by atoms with Crippen LogP contribution in [0.5, 0.6) is 5.75 Å². The topological polar surface area (TPSA) is 77.2 Å². The molecule has 28 heavy (non-hydrogen) atoms. The molecule has 3 rings (SSSR count). The Balaban J connectivity index is 1.52. The van der Waals surface area contributed by atoms with Crippen molar-refractivity contribution in [1.29, 1.82) is 0 Å². The van der Waals surface area contributed by atoms with Gasteiger partial charge in [-0.15, -0.1) is 0 Å². The van der Waals surface area contributed by atoms with Gasteiger partial charge in [-0.1, -0.05) is 18.2 Å². The van der Waals surface area contributed by atoms with Crippen LogP contribution in [0.1, 0.15) is 11.3 Å². The summed E-state index contributed by atoms with van der Waals surface area (Å²) in [7, 11) is 0. The SMILES string of the molecule is N[C@@H](Cc1ccc(OCc2ccccn2)cc1)C(=O)Nc1ccc(F)c(F)c1. The van der Waals surface area contributed by atoms with Gasteiger partial charge in [0.1, 0.15) is 12.4 Å². The number of halogens is 2. The molecule has 2 aromatic carbocycles. The van der Waals surface area contributed by atoms with E-state index in [9.17, 15) is 13.6 Å². The lowest BCUT2D eigenvalue weighted by molar-refractivity contribution is -0.117. The first-order chi connectivity index (χ1) is 13.5. The number of carbonyl (C=O) groups is 1. The van der Waals surface area contributed by atoms with Crippen LogP contribution in [0.15, 0.2) is 66.9 Å². The highest BCUT2D eigenvalue weighted by atomic mass is 19.2. The summed E-state index contributed by atoms with van der Waals surface area (Å²) in [5.41, 5.74) is 7.74. The van der Waals surface area contributed by atoms with E-state index in [-0.39, 0.29) is 12.1 Å². The standard InChI is InChI=1S/C21H19F2N3O2/c22-18-9-6-15(12-19(18)23)26-21(27)20(24)11-14-4-7-17(8-5-14)28-13-16-3-1-2-10-25-16/h1-10,12,20H,11,13,24H2,(H,26,27)/t20-/m0/s1. The second-order valence-electron chi connectivity index (χ2n) is 6.18. The van der Waals surface area contributed by atoms with Crippen LogP contribution < -0.4 is 15.8 Å². The van der Waals surface area contributed by atoms with Gasteiger partial charge in [0.25, 0.3) is 0 Å². The highest BCUT2D eigenvalue weighted by molar-refractivity contribution is 5.94. The van der Waals surface area contributed by atoms with Gasteiger partial charge in [0.05, 0.1) is 11.7 Å². The van der Waals surface area contributed by atoms with Crippen molar-refractivity contribution in [3.05, 3.63) is 89.8 Å². The van der Waals surface area contributed by atoms with E-state index in [1.165, 1.54) is 6.07 Å². The number of ether oxygens (including phenoxy) is 1. The molecule has 1 atom stereocenters. The molecule has 3 N–H and O–H groups in total. The van der Waals surface area contributed by atoms with Crippen LogP contribution in [0.3, 0.4) is 0 Å². The van der Waals surface area contributed by atoms with Gasteiger partial charge in [0, 0.05) is 18.0 Å². The number of nitrogens with two attached hydrogens (primary N) is 1. The van der Waals surface area contributed by atoms with E-state index in [0.29, 0.717) is 12.4 Å². The Bertz CT molecular complexity index is 934. The van der Waals surface area contributed by atoms with E-state index in [0.717, 1.165) is 23.4 Å². The third-order valence-corrected chi connectivity index (χ3v) is 4.02. The van der Waals surface area contributed by atoms with Crippen LogP contribution in [-0.4, -0.2) is 16.9 Å². The Morgan fingerprint density at radius 2 is 1.86 bits per heavy atom. The number of rotatable bonds is 7. The highest BCUT2D eigenvalue weighted by Crippen LogP contribution is 2.16. The van der Waals surface area contributed by atoms with E-state index < -0.39 is 23.6 Å². The van der Waals surface area contributed by atoms with Crippen molar-refractivity contribution in [2.24, 2.45) is 5.73 Å². The molecular weight excluding hydrogens is 364 g/mol. The Morgan fingerprint density at radius 1 is 1.07 bits per heavy atom. The van der Waals surface area contributed by atoms with Crippen LogP contribution >= 0.6 is 0 Å². The summed E-state index contributed by atoms with van der Waals surface area (Å²) in [6.45, 7) is 0.357. The first-order valence-corrected chi connectivity index (χ1v) is 8.64. The molecule has 3 aromatic rings. The summed E-state index contributed by atoms with van der Waals surface area (Å²) in [5.74, 6) is -1.82. The van der Waals surface area contributed by atoms with E-state index in [1.807, 2.05) is 30.3 Å². The number of pyridine rings is 1.